The summed E-state index contributed by atoms with van der Waals surface area (Å²) in [6.07, 6.45) is 2.16. The molecule has 0 unspecified atom stereocenters. The van der Waals surface area contributed by atoms with Gasteiger partial charge in [-0.05, 0) is 49.4 Å². The number of rotatable bonds is 5. The van der Waals surface area contributed by atoms with Gasteiger partial charge < -0.3 is 5.73 Å². The van der Waals surface area contributed by atoms with Gasteiger partial charge >= 0.3 is 0 Å². The molecule has 0 spiro atoms. The van der Waals surface area contributed by atoms with Crippen molar-refractivity contribution in [2.75, 3.05) is 12.3 Å². The molecule has 1 aliphatic rings. The van der Waals surface area contributed by atoms with Gasteiger partial charge in [-0.15, -0.1) is 0 Å². The van der Waals surface area contributed by atoms with E-state index in [0.29, 0.717) is 13.0 Å². The van der Waals surface area contributed by atoms with Gasteiger partial charge in [0.15, 0.2) is 9.84 Å². The van der Waals surface area contributed by atoms with Gasteiger partial charge in [-0.2, -0.15) is 0 Å². The van der Waals surface area contributed by atoms with Crippen LogP contribution < -0.4 is 5.73 Å². The minimum atomic E-state index is -3.80. The van der Waals surface area contributed by atoms with Crippen molar-refractivity contribution in [3.05, 3.63) is 29.8 Å². The second-order valence-electron chi connectivity index (χ2n) is 4.87. The molecule has 100 valence electrons. The van der Waals surface area contributed by atoms with Gasteiger partial charge in [0.1, 0.15) is 16.5 Å². The Bertz CT molecular complexity index is 553. The van der Waals surface area contributed by atoms with E-state index in [1.54, 1.807) is 0 Å². The van der Waals surface area contributed by atoms with Crippen LogP contribution in [0.15, 0.2) is 23.1 Å². The van der Waals surface area contributed by atoms with Gasteiger partial charge in [0, 0.05) is 0 Å². The lowest BCUT2D eigenvalue weighted by Gasteiger charge is -2.14. The van der Waals surface area contributed by atoms with E-state index in [-0.39, 0.29) is 11.2 Å². The topological polar surface area (TPSA) is 60.2 Å². The molecule has 0 amide bonds. The first kappa shape index (κ1) is 13.4. The molecule has 0 saturated heterocycles. The largest absolute Gasteiger partial charge is 0.330 e. The van der Waals surface area contributed by atoms with E-state index in [9.17, 15) is 17.2 Å². The Hall–Kier alpha value is -1.01. The molecule has 1 fully saturated rings. The molecule has 0 aliphatic heterocycles. The first-order chi connectivity index (χ1) is 8.38. The standard InChI is InChI=1S/C12H15F2NO2S/c13-9-1-2-10(14)11(7-9)18(16,17)8-12(3-4-12)5-6-15/h1-2,7H,3-6,8,15H2. The number of hydrogen-bond donors (Lipinski definition) is 1. The van der Waals surface area contributed by atoms with Crippen LogP contribution in [0.1, 0.15) is 19.3 Å². The minimum Gasteiger partial charge on any atom is -0.330 e. The van der Waals surface area contributed by atoms with Crippen molar-refractivity contribution in [1.82, 2.24) is 0 Å². The Morgan fingerprint density at radius 2 is 1.94 bits per heavy atom. The maximum Gasteiger partial charge on any atom is 0.181 e. The summed E-state index contributed by atoms with van der Waals surface area (Å²) in [5, 5.41) is 0. The van der Waals surface area contributed by atoms with Crippen molar-refractivity contribution in [2.45, 2.75) is 24.2 Å². The van der Waals surface area contributed by atoms with E-state index < -0.39 is 26.4 Å². The highest BCUT2D eigenvalue weighted by molar-refractivity contribution is 7.91. The Kier molecular flexibility index (Phi) is 3.42. The number of hydrogen-bond acceptors (Lipinski definition) is 3. The van der Waals surface area contributed by atoms with Crippen LogP contribution in [-0.2, 0) is 9.84 Å². The quantitative estimate of drug-likeness (QED) is 0.892. The van der Waals surface area contributed by atoms with Crippen LogP contribution in [0.25, 0.3) is 0 Å². The minimum absolute atomic E-state index is 0.155. The molecule has 0 radical (unpaired) electrons. The third-order valence-corrected chi connectivity index (χ3v) is 5.33. The normalized spacial score (nSPS) is 17.7. The second kappa shape index (κ2) is 4.59. The summed E-state index contributed by atoms with van der Waals surface area (Å²) < 4.78 is 50.7. The summed E-state index contributed by atoms with van der Waals surface area (Å²) in [6.45, 7) is 0.404. The highest BCUT2D eigenvalue weighted by Gasteiger charge is 2.46. The third-order valence-electron chi connectivity index (χ3n) is 3.36. The van der Waals surface area contributed by atoms with Crippen molar-refractivity contribution < 1.29 is 17.2 Å². The maximum atomic E-state index is 13.5. The predicted molar refractivity (Wildman–Crippen MR) is 63.7 cm³/mol. The average Bonchev–Trinajstić information content (AvgIpc) is 3.01. The van der Waals surface area contributed by atoms with E-state index in [1.165, 1.54) is 0 Å². The predicted octanol–water partition coefficient (Wildman–Crippen LogP) is 1.87. The Morgan fingerprint density at radius 1 is 1.28 bits per heavy atom. The van der Waals surface area contributed by atoms with E-state index in [1.807, 2.05) is 0 Å². The molecule has 0 bridgehead atoms. The second-order valence-corrected chi connectivity index (χ2v) is 6.83. The van der Waals surface area contributed by atoms with Crippen molar-refractivity contribution in [2.24, 2.45) is 11.1 Å². The highest BCUT2D eigenvalue weighted by atomic mass is 32.2. The fourth-order valence-corrected chi connectivity index (χ4v) is 4.20. The van der Waals surface area contributed by atoms with Crippen molar-refractivity contribution in [3.8, 4) is 0 Å². The van der Waals surface area contributed by atoms with Crippen LogP contribution in [0, 0.1) is 17.0 Å². The molecule has 0 atom stereocenters. The number of halogens is 2. The molecule has 2 rings (SSSR count). The fourth-order valence-electron chi connectivity index (χ4n) is 2.15. The molecule has 1 aliphatic carbocycles. The summed E-state index contributed by atoms with van der Waals surface area (Å²) in [6, 6.07) is 2.48. The zero-order chi connectivity index (χ0) is 13.4. The van der Waals surface area contributed by atoms with Gasteiger partial charge in [0.25, 0.3) is 0 Å². The molecule has 1 saturated carbocycles. The SMILES string of the molecule is NCCC1(CS(=O)(=O)c2cc(F)ccc2F)CC1. The van der Waals surface area contributed by atoms with Crippen LogP contribution in [0.5, 0.6) is 0 Å². The molecule has 0 heterocycles. The van der Waals surface area contributed by atoms with Crippen LogP contribution in [0.2, 0.25) is 0 Å². The van der Waals surface area contributed by atoms with Crippen molar-refractivity contribution in [3.63, 3.8) is 0 Å². The maximum absolute atomic E-state index is 13.5. The summed E-state index contributed by atoms with van der Waals surface area (Å²) >= 11 is 0. The smallest absolute Gasteiger partial charge is 0.181 e. The van der Waals surface area contributed by atoms with Crippen LogP contribution >= 0.6 is 0 Å². The Balaban J connectivity index is 2.29. The lowest BCUT2D eigenvalue weighted by Crippen LogP contribution is -2.21. The molecule has 6 heteroatoms. The first-order valence-electron chi connectivity index (χ1n) is 5.76. The van der Waals surface area contributed by atoms with Gasteiger partial charge in [-0.3, -0.25) is 0 Å². The molecule has 18 heavy (non-hydrogen) atoms. The molecule has 0 aromatic heterocycles. The molecular formula is C12H15F2NO2S. The van der Waals surface area contributed by atoms with Crippen molar-refractivity contribution >= 4 is 9.84 Å². The number of nitrogens with two attached hydrogens (primary N) is 1. The molecule has 1 aromatic carbocycles. The van der Waals surface area contributed by atoms with Gasteiger partial charge in [-0.1, -0.05) is 0 Å². The Morgan fingerprint density at radius 3 is 2.50 bits per heavy atom. The molecule has 2 N–H and O–H groups in total. The summed E-state index contributed by atoms with van der Waals surface area (Å²) in [4.78, 5) is -0.550. The number of benzene rings is 1. The van der Waals surface area contributed by atoms with Crippen molar-refractivity contribution in [1.29, 1.82) is 0 Å². The number of sulfone groups is 1. The van der Waals surface area contributed by atoms with E-state index in [4.69, 9.17) is 5.73 Å². The fraction of sp³-hybridized carbons (Fsp3) is 0.500. The molecule has 1 aromatic rings. The summed E-state index contributed by atoms with van der Waals surface area (Å²) in [5.41, 5.74) is 5.11. The lowest BCUT2D eigenvalue weighted by atomic mass is 10.1. The van der Waals surface area contributed by atoms with E-state index >= 15 is 0 Å². The van der Waals surface area contributed by atoms with Gasteiger partial charge in [0.2, 0.25) is 0 Å². The van der Waals surface area contributed by atoms with Gasteiger partial charge in [0.05, 0.1) is 5.75 Å². The Labute approximate surface area is 105 Å². The van der Waals surface area contributed by atoms with Crippen LogP contribution in [0.3, 0.4) is 0 Å². The first-order valence-corrected chi connectivity index (χ1v) is 7.42. The zero-order valence-corrected chi connectivity index (χ0v) is 10.6. The monoisotopic (exact) mass is 275 g/mol. The van der Waals surface area contributed by atoms with Gasteiger partial charge in [-0.25, -0.2) is 17.2 Å². The average molecular weight is 275 g/mol. The highest BCUT2D eigenvalue weighted by Crippen LogP contribution is 2.50. The molecule has 3 nitrogen and oxygen atoms in total. The van der Waals surface area contributed by atoms with E-state index in [0.717, 1.165) is 31.0 Å². The summed E-state index contributed by atoms with van der Waals surface area (Å²) in [5.74, 6) is -1.81. The zero-order valence-electron chi connectivity index (χ0n) is 9.83. The molecular weight excluding hydrogens is 260 g/mol. The third kappa shape index (κ3) is 2.70. The van der Waals surface area contributed by atoms with Crippen LogP contribution in [-0.4, -0.2) is 20.7 Å². The van der Waals surface area contributed by atoms with Crippen LogP contribution in [0.4, 0.5) is 8.78 Å². The summed E-state index contributed by atoms with van der Waals surface area (Å²) in [7, 11) is -3.80. The van der Waals surface area contributed by atoms with E-state index in [2.05, 4.69) is 0 Å². The lowest BCUT2D eigenvalue weighted by molar-refractivity contribution is 0.504.